The van der Waals surface area contributed by atoms with Crippen LogP contribution < -0.4 is 0 Å². The van der Waals surface area contributed by atoms with E-state index in [2.05, 4.69) is 4.98 Å². The summed E-state index contributed by atoms with van der Waals surface area (Å²) >= 11 is 0. The lowest BCUT2D eigenvalue weighted by molar-refractivity contribution is 0.479. The van der Waals surface area contributed by atoms with Crippen molar-refractivity contribution < 1.29 is 8.78 Å². The Bertz CT molecular complexity index is 595. The monoisotopic (exact) mass is 259 g/mol. The summed E-state index contributed by atoms with van der Waals surface area (Å²) in [6.07, 6.45) is 5.29. The van der Waals surface area contributed by atoms with Crippen LogP contribution in [0.3, 0.4) is 0 Å². The number of fused-ring (bicyclic) bond motifs is 1. The number of halogens is 2. The van der Waals surface area contributed by atoms with Gasteiger partial charge in [-0.05, 0) is 54.9 Å². The van der Waals surface area contributed by atoms with E-state index in [1.807, 2.05) is 12.1 Å². The van der Waals surface area contributed by atoms with E-state index in [9.17, 15) is 8.78 Å². The fourth-order valence-electron chi connectivity index (χ4n) is 2.87. The normalized spacial score (nSPS) is 18.7. The molecule has 0 fully saturated rings. The van der Waals surface area contributed by atoms with Crippen LogP contribution in [0.5, 0.6) is 0 Å². The van der Waals surface area contributed by atoms with Crippen LogP contribution in [0, 0.1) is 11.6 Å². The van der Waals surface area contributed by atoms with Crippen molar-refractivity contribution in [3.63, 3.8) is 0 Å². The molecule has 0 saturated carbocycles. The minimum Gasteiger partial charge on any atom is -0.261 e. The molecule has 19 heavy (non-hydrogen) atoms. The van der Waals surface area contributed by atoms with Gasteiger partial charge in [-0.1, -0.05) is 18.2 Å². The van der Waals surface area contributed by atoms with Gasteiger partial charge in [-0.2, -0.15) is 0 Å². The molecule has 98 valence electrons. The summed E-state index contributed by atoms with van der Waals surface area (Å²) in [5, 5.41) is 0. The summed E-state index contributed by atoms with van der Waals surface area (Å²) in [5.74, 6) is -1.41. The minimum atomic E-state index is -0.756. The van der Waals surface area contributed by atoms with Crippen LogP contribution in [0.15, 0.2) is 36.5 Å². The van der Waals surface area contributed by atoms with Gasteiger partial charge in [-0.25, -0.2) is 8.78 Å². The molecule has 1 aliphatic carbocycles. The second-order valence-electron chi connectivity index (χ2n) is 5.05. The molecule has 0 aliphatic heterocycles. The second kappa shape index (κ2) is 5.08. The van der Waals surface area contributed by atoms with Gasteiger partial charge in [0.15, 0.2) is 11.6 Å². The van der Waals surface area contributed by atoms with E-state index >= 15 is 0 Å². The fraction of sp³-hybridized carbons (Fsp3) is 0.312. The average molecular weight is 259 g/mol. The molecule has 0 N–H and O–H groups in total. The molecule has 1 atom stereocenters. The smallest absolute Gasteiger partial charge is 0.162 e. The van der Waals surface area contributed by atoms with Crippen molar-refractivity contribution in [2.45, 2.75) is 31.6 Å². The molecule has 2 aromatic rings. The summed E-state index contributed by atoms with van der Waals surface area (Å²) < 4.78 is 27.2. The molecule has 0 spiro atoms. The highest BCUT2D eigenvalue weighted by atomic mass is 19.2. The van der Waals surface area contributed by atoms with Gasteiger partial charge >= 0.3 is 0 Å². The van der Waals surface area contributed by atoms with Crippen molar-refractivity contribution >= 4 is 0 Å². The first kappa shape index (κ1) is 12.3. The van der Waals surface area contributed by atoms with Crippen molar-refractivity contribution in [3.05, 3.63) is 65.0 Å². The van der Waals surface area contributed by atoms with E-state index < -0.39 is 11.6 Å². The Morgan fingerprint density at radius 3 is 2.89 bits per heavy atom. The van der Waals surface area contributed by atoms with Crippen molar-refractivity contribution in [2.24, 2.45) is 0 Å². The third-order valence-electron chi connectivity index (χ3n) is 3.84. The van der Waals surface area contributed by atoms with Gasteiger partial charge in [0.25, 0.3) is 0 Å². The Morgan fingerprint density at radius 2 is 2.00 bits per heavy atom. The van der Waals surface area contributed by atoms with Gasteiger partial charge in [0, 0.05) is 11.9 Å². The lowest BCUT2D eigenvalue weighted by Gasteiger charge is -2.16. The van der Waals surface area contributed by atoms with Crippen LogP contribution in [-0.2, 0) is 12.8 Å². The van der Waals surface area contributed by atoms with Gasteiger partial charge in [0.1, 0.15) is 0 Å². The summed E-state index contributed by atoms with van der Waals surface area (Å²) in [7, 11) is 0. The number of rotatable bonds is 1. The van der Waals surface area contributed by atoms with Crippen LogP contribution >= 0.6 is 0 Å². The van der Waals surface area contributed by atoms with Gasteiger partial charge in [-0.3, -0.25) is 4.98 Å². The van der Waals surface area contributed by atoms with Gasteiger partial charge in [-0.15, -0.1) is 0 Å². The summed E-state index contributed by atoms with van der Waals surface area (Å²) in [5.41, 5.74) is 2.76. The molecule has 1 aromatic heterocycles. The van der Waals surface area contributed by atoms with Crippen LogP contribution in [0.2, 0.25) is 0 Å². The van der Waals surface area contributed by atoms with Crippen LogP contribution in [0.25, 0.3) is 0 Å². The van der Waals surface area contributed by atoms with E-state index in [1.165, 1.54) is 6.07 Å². The van der Waals surface area contributed by atoms with Crippen LogP contribution in [0.1, 0.15) is 35.6 Å². The number of hydrogen-bond acceptors (Lipinski definition) is 1. The van der Waals surface area contributed by atoms with Crippen molar-refractivity contribution in [3.8, 4) is 0 Å². The SMILES string of the molecule is Fc1cccc(C2CCCc3ncccc3C2)c1F. The minimum absolute atomic E-state index is 0.0427. The molecule has 1 unspecified atom stereocenters. The summed E-state index contributed by atoms with van der Waals surface area (Å²) in [4.78, 5) is 4.38. The van der Waals surface area contributed by atoms with Crippen LogP contribution in [0.4, 0.5) is 8.78 Å². The molecular formula is C16H15F2N. The highest BCUT2D eigenvalue weighted by Gasteiger charge is 2.22. The Kier molecular flexibility index (Phi) is 3.28. The number of aryl methyl sites for hydroxylation is 1. The molecule has 1 heterocycles. The second-order valence-corrected chi connectivity index (χ2v) is 5.05. The standard InChI is InChI=1S/C16H15F2N/c17-14-7-2-6-13(16(14)18)11-4-1-8-15-12(10-11)5-3-9-19-15/h2-3,5-7,9,11H,1,4,8,10H2. The lowest BCUT2D eigenvalue weighted by Crippen LogP contribution is -2.06. The Morgan fingerprint density at radius 1 is 1.11 bits per heavy atom. The molecule has 1 aromatic carbocycles. The lowest BCUT2D eigenvalue weighted by atomic mass is 9.90. The van der Waals surface area contributed by atoms with Gasteiger partial charge in [0.2, 0.25) is 0 Å². The highest BCUT2D eigenvalue weighted by Crippen LogP contribution is 2.32. The molecule has 0 radical (unpaired) electrons. The number of nitrogens with zero attached hydrogens (tertiary/aromatic N) is 1. The molecule has 1 aliphatic rings. The van der Waals surface area contributed by atoms with Crippen molar-refractivity contribution in [1.82, 2.24) is 4.98 Å². The fourth-order valence-corrected chi connectivity index (χ4v) is 2.87. The Labute approximate surface area is 111 Å². The molecule has 3 heteroatoms. The maximum atomic E-state index is 13.9. The van der Waals surface area contributed by atoms with E-state index in [4.69, 9.17) is 0 Å². The van der Waals surface area contributed by atoms with E-state index in [0.717, 1.165) is 36.9 Å². The highest BCUT2D eigenvalue weighted by molar-refractivity contribution is 5.29. The van der Waals surface area contributed by atoms with E-state index in [0.29, 0.717) is 5.56 Å². The quantitative estimate of drug-likeness (QED) is 0.705. The number of aromatic nitrogens is 1. The molecule has 0 saturated heterocycles. The average Bonchev–Trinajstić information content (AvgIpc) is 2.64. The molecule has 0 bridgehead atoms. The summed E-state index contributed by atoms with van der Waals surface area (Å²) in [6, 6.07) is 8.40. The molecule has 3 rings (SSSR count). The first-order chi connectivity index (χ1) is 9.25. The Balaban J connectivity index is 1.96. The topological polar surface area (TPSA) is 12.9 Å². The molecular weight excluding hydrogens is 244 g/mol. The zero-order valence-corrected chi connectivity index (χ0v) is 10.6. The first-order valence-electron chi connectivity index (χ1n) is 6.62. The zero-order valence-electron chi connectivity index (χ0n) is 10.6. The third kappa shape index (κ3) is 2.37. The van der Waals surface area contributed by atoms with E-state index in [-0.39, 0.29) is 5.92 Å². The predicted molar refractivity (Wildman–Crippen MR) is 70.0 cm³/mol. The number of benzene rings is 1. The van der Waals surface area contributed by atoms with Crippen molar-refractivity contribution in [2.75, 3.05) is 0 Å². The van der Waals surface area contributed by atoms with Crippen LogP contribution in [-0.4, -0.2) is 4.98 Å². The maximum Gasteiger partial charge on any atom is 0.162 e. The molecule has 1 nitrogen and oxygen atoms in total. The number of pyridine rings is 1. The largest absolute Gasteiger partial charge is 0.261 e. The summed E-state index contributed by atoms with van der Waals surface area (Å²) in [6.45, 7) is 0. The van der Waals surface area contributed by atoms with Gasteiger partial charge < -0.3 is 0 Å². The zero-order chi connectivity index (χ0) is 13.2. The third-order valence-corrected chi connectivity index (χ3v) is 3.84. The van der Waals surface area contributed by atoms with E-state index in [1.54, 1.807) is 18.3 Å². The van der Waals surface area contributed by atoms with Gasteiger partial charge in [0.05, 0.1) is 0 Å². The number of hydrogen-bond donors (Lipinski definition) is 0. The Hall–Kier alpha value is -1.77. The van der Waals surface area contributed by atoms with Crippen molar-refractivity contribution in [1.29, 1.82) is 0 Å². The molecule has 0 amide bonds. The predicted octanol–water partition coefficient (Wildman–Crippen LogP) is 4.02. The first-order valence-corrected chi connectivity index (χ1v) is 6.62. The maximum absolute atomic E-state index is 13.9.